The van der Waals surface area contributed by atoms with Gasteiger partial charge in [0, 0.05) is 0 Å². The molecule has 0 fully saturated rings. The molecule has 1 aromatic carbocycles. The number of benzene rings is 1. The molecule has 13 heavy (non-hydrogen) atoms. The molecule has 0 radical (unpaired) electrons. The smallest absolute Gasteiger partial charge is 0.348 e. The summed E-state index contributed by atoms with van der Waals surface area (Å²) in [5.74, 6) is -0.808. The van der Waals surface area contributed by atoms with Gasteiger partial charge in [-0.15, -0.1) is 0 Å². The quantitative estimate of drug-likeness (QED) is 0.561. The van der Waals surface area contributed by atoms with Gasteiger partial charge in [0.15, 0.2) is 0 Å². The molecule has 0 heterocycles. The van der Waals surface area contributed by atoms with Crippen molar-refractivity contribution >= 4 is 5.97 Å². The van der Waals surface area contributed by atoms with E-state index in [1.165, 1.54) is 12.1 Å². The highest BCUT2D eigenvalue weighted by atomic mass is 19.1. The summed E-state index contributed by atoms with van der Waals surface area (Å²) in [6.45, 7) is -0.855. The van der Waals surface area contributed by atoms with Crippen LogP contribution in [0.1, 0.15) is 0 Å². The maximum atomic E-state index is 12.5. The van der Waals surface area contributed by atoms with Crippen molar-refractivity contribution in [3.63, 3.8) is 0 Å². The molecule has 1 rings (SSSR count). The van der Waals surface area contributed by atoms with Gasteiger partial charge in [-0.2, -0.15) is 0 Å². The Hall–Kier alpha value is -1.42. The van der Waals surface area contributed by atoms with Crippen LogP contribution in [0.4, 0.5) is 4.39 Å². The highest BCUT2D eigenvalue weighted by Crippen LogP contribution is 2.09. The molecule has 0 aliphatic heterocycles. The van der Waals surface area contributed by atoms with E-state index in [1.54, 1.807) is 18.2 Å². The Morgan fingerprint density at radius 1 is 1.46 bits per heavy atom. The van der Waals surface area contributed by atoms with Crippen molar-refractivity contribution in [1.82, 2.24) is 0 Å². The number of halogens is 1. The van der Waals surface area contributed by atoms with Crippen molar-refractivity contribution in [1.29, 1.82) is 0 Å². The van der Waals surface area contributed by atoms with E-state index in [-0.39, 0.29) is 5.75 Å². The molecule has 1 atom stereocenters. The molecule has 0 aromatic heterocycles. The van der Waals surface area contributed by atoms with Crippen LogP contribution in [0.2, 0.25) is 0 Å². The van der Waals surface area contributed by atoms with Crippen LogP contribution in [0.5, 0.6) is 5.75 Å². The van der Waals surface area contributed by atoms with E-state index >= 15 is 0 Å². The summed E-state index contributed by atoms with van der Waals surface area (Å²) in [6, 6.07) is 8.13. The van der Waals surface area contributed by atoms with E-state index in [0.29, 0.717) is 0 Å². The molecule has 0 saturated carbocycles. The highest BCUT2D eigenvalue weighted by molar-refractivity contribution is 5.77. The van der Waals surface area contributed by atoms with Crippen molar-refractivity contribution < 1.29 is 19.0 Å². The van der Waals surface area contributed by atoms with Crippen molar-refractivity contribution in [2.24, 2.45) is 0 Å². The third-order valence-electron chi connectivity index (χ3n) is 1.38. The molecule has 70 valence electrons. The zero-order chi connectivity index (χ0) is 9.68. The van der Waals surface area contributed by atoms with Crippen LogP contribution in [0.3, 0.4) is 0 Å². The topological polar surface area (TPSA) is 46.5 Å². The Kier molecular flexibility index (Phi) is 3.40. The largest absolute Gasteiger partial charge is 0.424 e. The monoisotopic (exact) mass is 184 g/mol. The van der Waals surface area contributed by atoms with Crippen molar-refractivity contribution in [2.75, 3.05) is 6.61 Å². The number of carbonyl (C=O) groups excluding carboxylic acids is 1. The Morgan fingerprint density at radius 2 is 2.08 bits per heavy atom. The zero-order valence-corrected chi connectivity index (χ0v) is 6.81. The molecule has 0 bridgehead atoms. The van der Waals surface area contributed by atoms with E-state index < -0.39 is 18.7 Å². The van der Waals surface area contributed by atoms with Crippen molar-refractivity contribution in [3.05, 3.63) is 30.3 Å². The first-order valence-corrected chi connectivity index (χ1v) is 3.75. The summed E-state index contributed by atoms with van der Waals surface area (Å²) in [7, 11) is 0. The third-order valence-corrected chi connectivity index (χ3v) is 1.38. The first-order chi connectivity index (χ1) is 6.24. The minimum Gasteiger partial charge on any atom is -0.424 e. The van der Waals surface area contributed by atoms with E-state index in [2.05, 4.69) is 4.74 Å². The number of aliphatic hydroxyl groups excluding tert-OH is 1. The summed E-state index contributed by atoms with van der Waals surface area (Å²) < 4.78 is 17.1. The number of ether oxygens (including phenoxy) is 1. The summed E-state index contributed by atoms with van der Waals surface area (Å²) in [6.07, 6.45) is -1.97. The number of para-hydroxylation sites is 1. The molecule has 0 aliphatic rings. The minimum atomic E-state index is -1.97. The van der Waals surface area contributed by atoms with Gasteiger partial charge >= 0.3 is 5.97 Å². The predicted molar refractivity (Wildman–Crippen MR) is 44.1 cm³/mol. The molecule has 1 aromatic rings. The molecular weight excluding hydrogens is 175 g/mol. The van der Waals surface area contributed by atoms with E-state index in [0.717, 1.165) is 0 Å². The van der Waals surface area contributed by atoms with Gasteiger partial charge in [0.1, 0.15) is 5.75 Å². The van der Waals surface area contributed by atoms with E-state index in [1.807, 2.05) is 0 Å². The predicted octanol–water partition coefficient (Wildman–Crippen LogP) is 0.922. The van der Waals surface area contributed by atoms with Gasteiger partial charge in [0.25, 0.3) is 0 Å². The fraction of sp³-hybridized carbons (Fsp3) is 0.222. The van der Waals surface area contributed by atoms with E-state index in [4.69, 9.17) is 5.11 Å². The number of rotatable bonds is 3. The Morgan fingerprint density at radius 3 is 2.62 bits per heavy atom. The molecule has 3 nitrogen and oxygen atoms in total. The Bertz CT molecular complexity index is 273. The van der Waals surface area contributed by atoms with Crippen LogP contribution in [0.15, 0.2) is 30.3 Å². The normalized spacial score (nSPS) is 12.2. The first-order valence-electron chi connectivity index (χ1n) is 3.75. The maximum Gasteiger partial charge on any atom is 0.348 e. The maximum absolute atomic E-state index is 12.5. The van der Waals surface area contributed by atoms with Gasteiger partial charge in [-0.25, -0.2) is 9.18 Å². The second-order valence-electron chi connectivity index (χ2n) is 2.38. The van der Waals surface area contributed by atoms with Crippen LogP contribution in [0.25, 0.3) is 0 Å². The number of hydrogen-bond acceptors (Lipinski definition) is 3. The molecule has 4 heteroatoms. The standard InChI is InChI=1S/C9H9FO3/c10-8(6-11)9(12)13-7-4-2-1-3-5-7/h1-5,8,11H,6H2. The van der Waals surface area contributed by atoms with Gasteiger partial charge in [-0.3, -0.25) is 0 Å². The summed E-state index contributed by atoms with van der Waals surface area (Å²) >= 11 is 0. The van der Waals surface area contributed by atoms with E-state index in [9.17, 15) is 9.18 Å². The second kappa shape index (κ2) is 4.57. The fourth-order valence-electron chi connectivity index (χ4n) is 0.743. The summed E-state index contributed by atoms with van der Waals surface area (Å²) in [4.78, 5) is 10.8. The lowest BCUT2D eigenvalue weighted by atomic mass is 10.3. The number of carbonyl (C=O) groups is 1. The lowest BCUT2D eigenvalue weighted by Crippen LogP contribution is -2.24. The summed E-state index contributed by atoms with van der Waals surface area (Å²) in [5, 5.41) is 8.31. The van der Waals surface area contributed by atoms with Crippen LogP contribution in [-0.2, 0) is 4.79 Å². The van der Waals surface area contributed by atoms with Gasteiger partial charge in [0.2, 0.25) is 6.17 Å². The van der Waals surface area contributed by atoms with Crippen LogP contribution < -0.4 is 4.74 Å². The summed E-state index contributed by atoms with van der Waals surface area (Å²) in [5.41, 5.74) is 0. The fourth-order valence-corrected chi connectivity index (χ4v) is 0.743. The average molecular weight is 184 g/mol. The lowest BCUT2D eigenvalue weighted by Gasteiger charge is -2.05. The SMILES string of the molecule is O=C(Oc1ccccc1)C(F)CO. The van der Waals surface area contributed by atoms with Crippen molar-refractivity contribution in [3.8, 4) is 5.75 Å². The van der Waals surface area contributed by atoms with Gasteiger partial charge in [0.05, 0.1) is 6.61 Å². The molecule has 0 amide bonds. The minimum absolute atomic E-state index is 0.267. The van der Waals surface area contributed by atoms with Crippen LogP contribution in [0, 0.1) is 0 Å². The Labute approximate surface area is 74.8 Å². The number of aliphatic hydroxyl groups is 1. The number of hydrogen-bond donors (Lipinski definition) is 1. The van der Waals surface area contributed by atoms with Gasteiger partial charge in [-0.1, -0.05) is 18.2 Å². The van der Waals surface area contributed by atoms with Gasteiger partial charge < -0.3 is 9.84 Å². The number of alkyl halides is 1. The molecule has 1 unspecified atom stereocenters. The third kappa shape index (κ3) is 2.83. The average Bonchev–Trinajstić information content (AvgIpc) is 2.18. The highest BCUT2D eigenvalue weighted by Gasteiger charge is 2.17. The van der Waals surface area contributed by atoms with Crippen LogP contribution >= 0.6 is 0 Å². The molecule has 0 aliphatic carbocycles. The number of esters is 1. The molecule has 0 saturated heterocycles. The molecular formula is C9H9FO3. The lowest BCUT2D eigenvalue weighted by molar-refractivity contribution is -0.141. The van der Waals surface area contributed by atoms with Crippen LogP contribution in [-0.4, -0.2) is 23.9 Å². The first kappa shape index (κ1) is 9.67. The Balaban J connectivity index is 2.55. The van der Waals surface area contributed by atoms with Crippen molar-refractivity contribution in [2.45, 2.75) is 6.17 Å². The second-order valence-corrected chi connectivity index (χ2v) is 2.38. The molecule has 1 N–H and O–H groups in total. The zero-order valence-electron chi connectivity index (χ0n) is 6.81. The van der Waals surface area contributed by atoms with Gasteiger partial charge in [-0.05, 0) is 12.1 Å². The molecule has 0 spiro atoms.